The van der Waals surface area contributed by atoms with Crippen LogP contribution in [0.3, 0.4) is 0 Å². The van der Waals surface area contributed by atoms with Crippen LogP contribution < -0.4 is 4.74 Å². The molecule has 0 aliphatic heterocycles. The standard InChI is InChI=1S/C18H20O4S/c1-3-14-5-9-16(10-6-14)22-18(13-19)15-7-11-17(12-8-15)23(20,21)4-2/h5-13,18H,3-4H2,1-2H3. The molecule has 0 fully saturated rings. The molecule has 0 aliphatic rings. The molecule has 1 atom stereocenters. The molecule has 122 valence electrons. The number of carbonyl (C=O) groups is 1. The molecule has 0 radical (unpaired) electrons. The number of hydrogen-bond acceptors (Lipinski definition) is 4. The second-order valence-corrected chi connectivity index (χ2v) is 7.42. The SMILES string of the molecule is CCc1ccc(OC(C=O)c2ccc(S(=O)(=O)CC)cc2)cc1. The molecular weight excluding hydrogens is 312 g/mol. The lowest BCUT2D eigenvalue weighted by molar-refractivity contribution is -0.113. The van der Waals surface area contributed by atoms with Gasteiger partial charge in [0.25, 0.3) is 0 Å². The molecule has 0 amide bonds. The lowest BCUT2D eigenvalue weighted by atomic mass is 10.1. The Balaban J connectivity index is 2.18. The molecule has 2 aromatic carbocycles. The Morgan fingerprint density at radius 1 is 1.00 bits per heavy atom. The third-order valence-corrected chi connectivity index (χ3v) is 5.42. The molecule has 0 spiro atoms. The average Bonchev–Trinajstić information content (AvgIpc) is 2.60. The van der Waals surface area contributed by atoms with Crippen molar-refractivity contribution in [1.82, 2.24) is 0 Å². The van der Waals surface area contributed by atoms with Gasteiger partial charge in [-0.1, -0.05) is 38.1 Å². The minimum atomic E-state index is -3.24. The fourth-order valence-electron chi connectivity index (χ4n) is 2.16. The highest BCUT2D eigenvalue weighted by molar-refractivity contribution is 7.91. The first-order chi connectivity index (χ1) is 11.0. The van der Waals surface area contributed by atoms with Gasteiger partial charge in [-0.25, -0.2) is 8.42 Å². The van der Waals surface area contributed by atoms with E-state index in [0.29, 0.717) is 17.6 Å². The number of aryl methyl sites for hydroxylation is 1. The van der Waals surface area contributed by atoms with E-state index in [0.717, 1.165) is 6.42 Å². The van der Waals surface area contributed by atoms with E-state index in [-0.39, 0.29) is 10.6 Å². The number of carbonyl (C=O) groups excluding carboxylic acids is 1. The zero-order valence-electron chi connectivity index (χ0n) is 13.2. The molecule has 0 aromatic heterocycles. The summed E-state index contributed by atoms with van der Waals surface area (Å²) in [7, 11) is -3.24. The molecule has 23 heavy (non-hydrogen) atoms. The van der Waals surface area contributed by atoms with Crippen molar-refractivity contribution < 1.29 is 17.9 Å². The lowest BCUT2D eigenvalue weighted by Crippen LogP contribution is -2.10. The first-order valence-corrected chi connectivity index (χ1v) is 9.19. The molecule has 0 N–H and O–H groups in total. The predicted molar refractivity (Wildman–Crippen MR) is 89.4 cm³/mol. The van der Waals surface area contributed by atoms with Gasteiger partial charge < -0.3 is 4.74 Å². The molecule has 4 nitrogen and oxygen atoms in total. The minimum Gasteiger partial charge on any atom is -0.478 e. The van der Waals surface area contributed by atoms with E-state index in [1.54, 1.807) is 19.1 Å². The van der Waals surface area contributed by atoms with E-state index in [2.05, 4.69) is 6.92 Å². The van der Waals surface area contributed by atoms with Crippen molar-refractivity contribution in [3.63, 3.8) is 0 Å². The topological polar surface area (TPSA) is 60.4 Å². The molecule has 0 aliphatic carbocycles. The van der Waals surface area contributed by atoms with Crippen LogP contribution in [0.2, 0.25) is 0 Å². The normalized spacial score (nSPS) is 12.6. The quantitative estimate of drug-likeness (QED) is 0.730. The van der Waals surface area contributed by atoms with Crippen LogP contribution in [0.15, 0.2) is 53.4 Å². The van der Waals surface area contributed by atoms with Gasteiger partial charge >= 0.3 is 0 Å². The van der Waals surface area contributed by atoms with Crippen molar-refractivity contribution in [1.29, 1.82) is 0 Å². The van der Waals surface area contributed by atoms with Crippen molar-refractivity contribution in [2.24, 2.45) is 0 Å². The van der Waals surface area contributed by atoms with Gasteiger partial charge in [0, 0.05) is 0 Å². The molecule has 0 heterocycles. The average molecular weight is 332 g/mol. The monoisotopic (exact) mass is 332 g/mol. The fourth-order valence-corrected chi connectivity index (χ4v) is 3.04. The lowest BCUT2D eigenvalue weighted by Gasteiger charge is -2.14. The van der Waals surface area contributed by atoms with E-state index in [9.17, 15) is 13.2 Å². The van der Waals surface area contributed by atoms with Crippen molar-refractivity contribution in [3.8, 4) is 5.75 Å². The second kappa shape index (κ2) is 7.42. The Kier molecular flexibility index (Phi) is 5.55. The molecule has 5 heteroatoms. The maximum absolute atomic E-state index is 11.8. The number of hydrogen-bond donors (Lipinski definition) is 0. The maximum Gasteiger partial charge on any atom is 0.179 e. The highest BCUT2D eigenvalue weighted by atomic mass is 32.2. The highest BCUT2D eigenvalue weighted by Crippen LogP contribution is 2.23. The van der Waals surface area contributed by atoms with Gasteiger partial charge in [-0.2, -0.15) is 0 Å². The van der Waals surface area contributed by atoms with Crippen LogP contribution in [0.25, 0.3) is 0 Å². The van der Waals surface area contributed by atoms with E-state index in [1.807, 2.05) is 24.3 Å². The van der Waals surface area contributed by atoms with Crippen LogP contribution in [0.4, 0.5) is 0 Å². The summed E-state index contributed by atoms with van der Waals surface area (Å²) in [5, 5.41) is 0. The van der Waals surface area contributed by atoms with Gasteiger partial charge in [-0.15, -0.1) is 0 Å². The van der Waals surface area contributed by atoms with Crippen molar-refractivity contribution in [2.45, 2.75) is 31.3 Å². The first kappa shape index (κ1) is 17.2. The van der Waals surface area contributed by atoms with Gasteiger partial charge in [-0.3, -0.25) is 4.79 Å². The Morgan fingerprint density at radius 3 is 2.09 bits per heavy atom. The summed E-state index contributed by atoms with van der Waals surface area (Å²) in [5.41, 5.74) is 1.81. The predicted octanol–water partition coefficient (Wildman–Crippen LogP) is 3.36. The molecule has 1 unspecified atom stereocenters. The summed E-state index contributed by atoms with van der Waals surface area (Å²) in [4.78, 5) is 11.6. The maximum atomic E-state index is 11.8. The number of ether oxygens (including phenoxy) is 1. The van der Waals surface area contributed by atoms with Crippen molar-refractivity contribution in [2.75, 3.05) is 5.75 Å². The number of benzene rings is 2. The molecule has 0 saturated carbocycles. The number of sulfone groups is 1. The third-order valence-electron chi connectivity index (χ3n) is 3.67. The fraction of sp³-hybridized carbons (Fsp3) is 0.278. The van der Waals surface area contributed by atoms with Crippen molar-refractivity contribution >= 4 is 16.1 Å². The van der Waals surface area contributed by atoms with Crippen LogP contribution in [0.1, 0.15) is 31.1 Å². The number of aldehydes is 1. The van der Waals surface area contributed by atoms with Crippen LogP contribution >= 0.6 is 0 Å². The van der Waals surface area contributed by atoms with E-state index >= 15 is 0 Å². The van der Waals surface area contributed by atoms with Gasteiger partial charge in [0.2, 0.25) is 0 Å². The van der Waals surface area contributed by atoms with Gasteiger partial charge in [0.05, 0.1) is 10.6 Å². The Bertz CT molecular complexity index is 747. The largest absolute Gasteiger partial charge is 0.478 e. The summed E-state index contributed by atoms with van der Waals surface area (Å²) in [6.45, 7) is 3.66. The second-order valence-electron chi connectivity index (χ2n) is 5.14. The van der Waals surface area contributed by atoms with Gasteiger partial charge in [0.1, 0.15) is 5.75 Å². The molecule has 0 bridgehead atoms. The summed E-state index contributed by atoms with van der Waals surface area (Å²) in [6.07, 6.45) is 0.878. The van der Waals surface area contributed by atoms with Crippen molar-refractivity contribution in [3.05, 3.63) is 59.7 Å². The summed E-state index contributed by atoms with van der Waals surface area (Å²) in [5.74, 6) is 0.647. The van der Waals surface area contributed by atoms with Crippen LogP contribution in [-0.4, -0.2) is 20.5 Å². The summed E-state index contributed by atoms with van der Waals surface area (Å²) >= 11 is 0. The van der Waals surface area contributed by atoms with E-state index in [4.69, 9.17) is 4.74 Å². The van der Waals surface area contributed by atoms with Crippen LogP contribution in [0, 0.1) is 0 Å². The molecule has 0 saturated heterocycles. The number of rotatable bonds is 7. The van der Waals surface area contributed by atoms with Gasteiger partial charge in [0.15, 0.2) is 22.2 Å². The van der Waals surface area contributed by atoms with Crippen LogP contribution in [-0.2, 0) is 21.1 Å². The highest BCUT2D eigenvalue weighted by Gasteiger charge is 2.15. The van der Waals surface area contributed by atoms with Crippen LogP contribution in [0.5, 0.6) is 5.75 Å². The smallest absolute Gasteiger partial charge is 0.179 e. The van der Waals surface area contributed by atoms with Gasteiger partial charge in [-0.05, 0) is 41.8 Å². The zero-order chi connectivity index (χ0) is 16.9. The Labute approximate surface area is 137 Å². The summed E-state index contributed by atoms with van der Waals surface area (Å²) in [6, 6.07) is 13.8. The van der Waals surface area contributed by atoms with E-state index < -0.39 is 15.9 Å². The zero-order valence-corrected chi connectivity index (χ0v) is 14.0. The minimum absolute atomic E-state index is 0.0454. The van der Waals surface area contributed by atoms with E-state index in [1.165, 1.54) is 17.7 Å². The summed E-state index contributed by atoms with van der Waals surface area (Å²) < 4.78 is 29.3. The molecule has 2 rings (SSSR count). The first-order valence-electron chi connectivity index (χ1n) is 7.53. The molecule has 2 aromatic rings. The third kappa shape index (κ3) is 4.20. The Morgan fingerprint density at radius 2 is 1.61 bits per heavy atom. The molecular formula is C18H20O4S. The Hall–Kier alpha value is -2.14.